The van der Waals surface area contributed by atoms with Crippen molar-refractivity contribution in [3.63, 3.8) is 0 Å². The molecule has 1 heterocycles. The van der Waals surface area contributed by atoms with Crippen molar-refractivity contribution in [1.29, 1.82) is 0 Å². The van der Waals surface area contributed by atoms with Crippen molar-refractivity contribution in [2.75, 3.05) is 6.61 Å². The largest absolute Gasteiger partial charge is 0.466 e. The molecule has 0 spiro atoms. The first kappa shape index (κ1) is 11.1. The molecule has 0 aromatic carbocycles. The Morgan fingerprint density at radius 2 is 2.36 bits per heavy atom. The third kappa shape index (κ3) is 3.06. The van der Waals surface area contributed by atoms with Crippen molar-refractivity contribution < 1.29 is 9.53 Å². The van der Waals surface area contributed by atoms with Gasteiger partial charge in [0.25, 0.3) is 0 Å². The lowest BCUT2D eigenvalue weighted by Crippen LogP contribution is -2.10. The fourth-order valence-corrected chi connectivity index (χ4v) is 1.12. The molecular formula is C9H11BrN2O2. The minimum Gasteiger partial charge on any atom is -0.466 e. The molecule has 0 fully saturated rings. The molecule has 0 bridgehead atoms. The van der Waals surface area contributed by atoms with Gasteiger partial charge in [-0.05, 0) is 29.8 Å². The van der Waals surface area contributed by atoms with E-state index in [9.17, 15) is 4.79 Å². The fourth-order valence-electron chi connectivity index (χ4n) is 0.927. The number of nitrogens with zero attached hydrogens (tertiary/aromatic N) is 2. The van der Waals surface area contributed by atoms with E-state index < -0.39 is 0 Å². The van der Waals surface area contributed by atoms with Gasteiger partial charge in [0.1, 0.15) is 12.2 Å². The molecule has 4 nitrogen and oxygen atoms in total. The van der Waals surface area contributed by atoms with Crippen molar-refractivity contribution in [1.82, 2.24) is 9.97 Å². The monoisotopic (exact) mass is 258 g/mol. The van der Waals surface area contributed by atoms with Gasteiger partial charge in [0.05, 0.1) is 16.8 Å². The van der Waals surface area contributed by atoms with Gasteiger partial charge in [-0.3, -0.25) is 4.79 Å². The van der Waals surface area contributed by atoms with Gasteiger partial charge in [0.15, 0.2) is 0 Å². The lowest BCUT2D eigenvalue weighted by atomic mass is 10.3. The van der Waals surface area contributed by atoms with Crippen LogP contribution in [0.1, 0.15) is 18.4 Å². The summed E-state index contributed by atoms with van der Waals surface area (Å²) in [4.78, 5) is 19.2. The number of aryl methyl sites for hydroxylation is 1. The Morgan fingerprint density at radius 1 is 1.64 bits per heavy atom. The minimum absolute atomic E-state index is 0.127. The Balaban J connectivity index is 2.68. The molecule has 0 saturated heterocycles. The highest BCUT2D eigenvalue weighted by Gasteiger charge is 2.07. The lowest BCUT2D eigenvalue weighted by molar-refractivity contribution is -0.142. The molecule has 0 atom stereocenters. The zero-order chi connectivity index (χ0) is 10.6. The Labute approximate surface area is 90.8 Å². The number of esters is 1. The summed E-state index contributed by atoms with van der Waals surface area (Å²) in [6.45, 7) is 4.00. The van der Waals surface area contributed by atoms with Crippen LogP contribution < -0.4 is 0 Å². The zero-order valence-corrected chi connectivity index (χ0v) is 9.67. The maximum Gasteiger partial charge on any atom is 0.313 e. The SMILES string of the molecule is CCOC(=O)Cc1ncc(Br)c(C)n1. The third-order valence-corrected chi connectivity index (χ3v) is 2.36. The minimum atomic E-state index is -0.297. The number of carbonyl (C=O) groups excluding carboxylic acids is 1. The van der Waals surface area contributed by atoms with E-state index in [0.717, 1.165) is 10.2 Å². The number of carbonyl (C=O) groups is 1. The summed E-state index contributed by atoms with van der Waals surface area (Å²) >= 11 is 3.29. The maximum absolute atomic E-state index is 11.1. The van der Waals surface area contributed by atoms with Crippen LogP contribution in [-0.4, -0.2) is 22.5 Å². The standard InChI is InChI=1S/C9H11BrN2O2/c1-3-14-9(13)4-8-11-5-7(10)6(2)12-8/h5H,3-4H2,1-2H3. The molecule has 1 rings (SSSR count). The van der Waals surface area contributed by atoms with Gasteiger partial charge in [0.2, 0.25) is 0 Å². The van der Waals surface area contributed by atoms with Crippen molar-refractivity contribution in [2.45, 2.75) is 20.3 Å². The predicted molar refractivity (Wildman–Crippen MR) is 54.8 cm³/mol. The highest BCUT2D eigenvalue weighted by molar-refractivity contribution is 9.10. The summed E-state index contributed by atoms with van der Waals surface area (Å²) in [7, 11) is 0. The smallest absolute Gasteiger partial charge is 0.313 e. The molecule has 0 aliphatic carbocycles. The average molecular weight is 259 g/mol. The van der Waals surface area contributed by atoms with Gasteiger partial charge >= 0.3 is 5.97 Å². The Bertz CT molecular complexity index is 342. The van der Waals surface area contributed by atoms with Gasteiger partial charge in [-0.2, -0.15) is 0 Å². The summed E-state index contributed by atoms with van der Waals surface area (Å²) in [5.74, 6) is 0.193. The van der Waals surface area contributed by atoms with Gasteiger partial charge < -0.3 is 4.74 Å². The highest BCUT2D eigenvalue weighted by atomic mass is 79.9. The zero-order valence-electron chi connectivity index (χ0n) is 8.08. The summed E-state index contributed by atoms with van der Waals surface area (Å²) in [6.07, 6.45) is 1.76. The molecule has 0 radical (unpaired) electrons. The van der Waals surface area contributed by atoms with Crippen molar-refractivity contribution in [3.8, 4) is 0 Å². The first-order chi connectivity index (χ1) is 6.63. The summed E-state index contributed by atoms with van der Waals surface area (Å²) < 4.78 is 5.62. The van der Waals surface area contributed by atoms with E-state index in [1.807, 2.05) is 6.92 Å². The Kier molecular flexibility index (Phi) is 4.00. The van der Waals surface area contributed by atoms with E-state index in [4.69, 9.17) is 4.74 Å². The number of hydrogen-bond acceptors (Lipinski definition) is 4. The summed E-state index contributed by atoms with van der Waals surface area (Å²) in [5, 5.41) is 0. The second-order valence-electron chi connectivity index (χ2n) is 2.70. The molecule has 0 aliphatic rings. The molecule has 0 unspecified atom stereocenters. The van der Waals surface area contributed by atoms with Crippen molar-refractivity contribution >= 4 is 21.9 Å². The number of halogens is 1. The molecule has 76 valence electrons. The fraction of sp³-hybridized carbons (Fsp3) is 0.444. The molecule has 0 N–H and O–H groups in total. The maximum atomic E-state index is 11.1. The molecule has 0 amide bonds. The molecule has 14 heavy (non-hydrogen) atoms. The molecule has 0 aliphatic heterocycles. The first-order valence-electron chi connectivity index (χ1n) is 4.27. The second kappa shape index (κ2) is 5.05. The molecular weight excluding hydrogens is 248 g/mol. The van der Waals surface area contributed by atoms with Crippen molar-refractivity contribution in [2.24, 2.45) is 0 Å². The first-order valence-corrected chi connectivity index (χ1v) is 5.06. The van der Waals surface area contributed by atoms with Gasteiger partial charge in [0, 0.05) is 6.20 Å². The quantitative estimate of drug-likeness (QED) is 0.774. The Hall–Kier alpha value is -0.970. The normalized spacial score (nSPS) is 9.93. The average Bonchev–Trinajstić information content (AvgIpc) is 2.12. The van der Waals surface area contributed by atoms with Gasteiger partial charge in [-0.1, -0.05) is 0 Å². The van der Waals surface area contributed by atoms with Gasteiger partial charge in [-0.25, -0.2) is 9.97 Å². The van der Waals surface area contributed by atoms with Crippen LogP contribution in [-0.2, 0) is 16.0 Å². The molecule has 1 aromatic heterocycles. The molecule has 0 saturated carbocycles. The second-order valence-corrected chi connectivity index (χ2v) is 3.56. The van der Waals surface area contributed by atoms with E-state index in [-0.39, 0.29) is 12.4 Å². The van der Waals surface area contributed by atoms with Crippen molar-refractivity contribution in [3.05, 3.63) is 22.2 Å². The van der Waals surface area contributed by atoms with Crippen LogP contribution in [0.5, 0.6) is 0 Å². The Morgan fingerprint density at radius 3 is 2.93 bits per heavy atom. The van der Waals surface area contributed by atoms with Crippen LogP contribution in [0.25, 0.3) is 0 Å². The number of rotatable bonds is 3. The van der Waals surface area contributed by atoms with Crippen LogP contribution in [0.4, 0.5) is 0 Å². The van der Waals surface area contributed by atoms with Crippen LogP contribution in [0.2, 0.25) is 0 Å². The summed E-state index contributed by atoms with van der Waals surface area (Å²) in [6, 6.07) is 0. The lowest BCUT2D eigenvalue weighted by Gasteiger charge is -2.02. The van der Waals surface area contributed by atoms with Crippen LogP contribution in [0.15, 0.2) is 10.7 Å². The van der Waals surface area contributed by atoms with Crippen LogP contribution >= 0.6 is 15.9 Å². The van der Waals surface area contributed by atoms with Crippen LogP contribution in [0.3, 0.4) is 0 Å². The van der Waals surface area contributed by atoms with Gasteiger partial charge in [-0.15, -0.1) is 0 Å². The predicted octanol–water partition coefficient (Wildman–Crippen LogP) is 1.65. The van der Waals surface area contributed by atoms with E-state index in [1.54, 1.807) is 13.1 Å². The van der Waals surface area contributed by atoms with Crippen LogP contribution in [0, 0.1) is 6.92 Å². The molecule has 5 heteroatoms. The van der Waals surface area contributed by atoms with E-state index in [0.29, 0.717) is 12.4 Å². The van der Waals surface area contributed by atoms with E-state index >= 15 is 0 Å². The summed E-state index contributed by atoms with van der Waals surface area (Å²) in [5.41, 5.74) is 0.819. The van der Waals surface area contributed by atoms with E-state index in [2.05, 4.69) is 25.9 Å². The highest BCUT2D eigenvalue weighted by Crippen LogP contribution is 2.11. The number of hydrogen-bond donors (Lipinski definition) is 0. The molecule has 1 aromatic rings. The third-order valence-electron chi connectivity index (χ3n) is 1.58. The topological polar surface area (TPSA) is 52.1 Å². The number of aromatic nitrogens is 2. The number of ether oxygens (including phenoxy) is 1. The van der Waals surface area contributed by atoms with E-state index in [1.165, 1.54) is 0 Å².